The highest BCUT2D eigenvalue weighted by Crippen LogP contribution is 2.27. The van der Waals surface area contributed by atoms with Crippen LogP contribution in [-0.2, 0) is 17.9 Å². The number of benzene rings is 1. The number of urea groups is 1. The van der Waals surface area contributed by atoms with Gasteiger partial charge in [0.1, 0.15) is 0 Å². The van der Waals surface area contributed by atoms with Crippen LogP contribution in [0.5, 0.6) is 0 Å². The first-order chi connectivity index (χ1) is 15.9. The first-order valence-corrected chi connectivity index (χ1v) is 11.3. The second kappa shape index (κ2) is 8.47. The van der Waals surface area contributed by atoms with Crippen molar-refractivity contribution in [1.82, 2.24) is 25.2 Å². The van der Waals surface area contributed by atoms with Gasteiger partial charge in [-0.1, -0.05) is 12.1 Å². The maximum absolute atomic E-state index is 12.8. The molecule has 0 atom stereocenters. The van der Waals surface area contributed by atoms with E-state index in [1.54, 1.807) is 0 Å². The van der Waals surface area contributed by atoms with Gasteiger partial charge in [0.15, 0.2) is 0 Å². The van der Waals surface area contributed by atoms with Crippen LogP contribution in [0, 0.1) is 13.8 Å². The minimum absolute atomic E-state index is 0.196. The molecule has 5 rings (SSSR count). The summed E-state index contributed by atoms with van der Waals surface area (Å²) < 4.78 is 0. The monoisotopic (exact) mass is 448 g/mol. The molecule has 1 aromatic heterocycles. The quantitative estimate of drug-likeness (QED) is 0.768. The zero-order chi connectivity index (χ0) is 23.1. The summed E-state index contributed by atoms with van der Waals surface area (Å²) in [5.41, 5.74) is 6.02. The van der Waals surface area contributed by atoms with E-state index in [0.717, 1.165) is 55.2 Å². The number of nitrogens with zero attached hydrogens (tertiary/aromatic N) is 5. The van der Waals surface area contributed by atoms with E-state index < -0.39 is 6.03 Å². The number of rotatable bonds is 4. The van der Waals surface area contributed by atoms with Crippen molar-refractivity contribution in [3.63, 3.8) is 0 Å². The normalized spacial score (nSPS) is 19.2. The fourth-order valence-electron chi connectivity index (χ4n) is 4.86. The fraction of sp³-hybridized carbons (Fsp3) is 0.417. The first kappa shape index (κ1) is 21.4. The Morgan fingerprint density at radius 2 is 1.64 bits per heavy atom. The van der Waals surface area contributed by atoms with Crippen molar-refractivity contribution >= 4 is 23.5 Å². The van der Waals surface area contributed by atoms with Gasteiger partial charge in [0.05, 0.1) is 13.1 Å². The van der Waals surface area contributed by atoms with Crippen molar-refractivity contribution in [2.24, 2.45) is 0 Å². The Bertz CT molecular complexity index is 1100. The molecule has 2 saturated heterocycles. The standard InChI is InChI=1S/C24H28N6O3/c1-16-11-20(12-17(2)25-16)28-9-7-27(8-10-28)14-18-3-4-21-19(13-18)15-30(23(21)32)29-6-5-22(31)26-24(29)33/h3-4,11-13H,5-10,14-15H2,1-2H3,(H,26,31,33). The van der Waals surface area contributed by atoms with Gasteiger partial charge in [-0.2, -0.15) is 0 Å². The van der Waals surface area contributed by atoms with E-state index in [0.29, 0.717) is 12.1 Å². The molecule has 0 saturated carbocycles. The van der Waals surface area contributed by atoms with E-state index in [4.69, 9.17) is 0 Å². The molecule has 4 amide bonds. The molecule has 0 radical (unpaired) electrons. The van der Waals surface area contributed by atoms with Crippen LogP contribution in [0.4, 0.5) is 10.5 Å². The molecule has 0 bridgehead atoms. The number of fused-ring (bicyclic) bond motifs is 1. The number of imide groups is 1. The number of piperazine rings is 1. The minimum Gasteiger partial charge on any atom is -0.369 e. The molecule has 0 spiro atoms. The van der Waals surface area contributed by atoms with Crippen LogP contribution in [0.25, 0.3) is 0 Å². The Morgan fingerprint density at radius 1 is 0.909 bits per heavy atom. The third-order valence-electron chi connectivity index (χ3n) is 6.49. The van der Waals surface area contributed by atoms with E-state index in [2.05, 4.69) is 38.3 Å². The predicted octanol–water partition coefficient (Wildman–Crippen LogP) is 1.83. The number of nitrogens with one attached hydrogen (secondary N) is 1. The van der Waals surface area contributed by atoms with Gasteiger partial charge in [0.25, 0.3) is 5.91 Å². The summed E-state index contributed by atoms with van der Waals surface area (Å²) in [5, 5.41) is 5.06. The van der Waals surface area contributed by atoms with Crippen LogP contribution in [0.15, 0.2) is 30.3 Å². The lowest BCUT2D eigenvalue weighted by molar-refractivity contribution is -0.123. The lowest BCUT2D eigenvalue weighted by Crippen LogP contribution is -2.56. The Hall–Kier alpha value is -3.46. The Labute approximate surface area is 192 Å². The topological polar surface area (TPSA) is 89.1 Å². The smallest absolute Gasteiger partial charge is 0.342 e. The lowest BCUT2D eigenvalue weighted by Gasteiger charge is -2.36. The maximum atomic E-state index is 12.8. The number of aryl methyl sites for hydroxylation is 2. The number of amides is 4. The van der Waals surface area contributed by atoms with Crippen molar-refractivity contribution < 1.29 is 14.4 Å². The molecule has 0 aliphatic carbocycles. The fourth-order valence-corrected chi connectivity index (χ4v) is 4.86. The summed E-state index contributed by atoms with van der Waals surface area (Å²) in [5.74, 6) is -0.505. The third kappa shape index (κ3) is 4.28. The largest absolute Gasteiger partial charge is 0.369 e. The summed E-state index contributed by atoms with van der Waals surface area (Å²) in [6.45, 7) is 9.30. The van der Waals surface area contributed by atoms with Gasteiger partial charge in [-0.15, -0.1) is 0 Å². The molecule has 4 heterocycles. The predicted molar refractivity (Wildman–Crippen MR) is 122 cm³/mol. The zero-order valence-electron chi connectivity index (χ0n) is 19.0. The van der Waals surface area contributed by atoms with Gasteiger partial charge in [-0.3, -0.25) is 24.8 Å². The minimum atomic E-state index is -0.537. The summed E-state index contributed by atoms with van der Waals surface area (Å²) in [4.78, 5) is 45.7. The van der Waals surface area contributed by atoms with E-state index in [1.807, 2.05) is 26.0 Å². The number of hydrogen-bond acceptors (Lipinski definition) is 6. The summed E-state index contributed by atoms with van der Waals surface area (Å²) in [6, 6.07) is 9.68. The Morgan fingerprint density at radius 3 is 2.33 bits per heavy atom. The molecule has 0 unspecified atom stereocenters. The number of hydrogen-bond donors (Lipinski definition) is 1. The molecule has 3 aliphatic rings. The van der Waals surface area contributed by atoms with Gasteiger partial charge in [0.2, 0.25) is 5.91 Å². The van der Waals surface area contributed by atoms with Crippen LogP contribution in [0.3, 0.4) is 0 Å². The van der Waals surface area contributed by atoms with Crippen LogP contribution in [-0.4, -0.2) is 70.5 Å². The molecule has 1 aromatic carbocycles. The van der Waals surface area contributed by atoms with Gasteiger partial charge in [0, 0.05) is 61.8 Å². The van der Waals surface area contributed by atoms with E-state index >= 15 is 0 Å². The number of hydrazine groups is 1. The lowest BCUT2D eigenvalue weighted by atomic mass is 10.1. The SMILES string of the molecule is Cc1cc(N2CCN(Cc3ccc4c(c3)CN(N3CCC(=O)NC3=O)C4=O)CC2)cc(C)n1. The van der Waals surface area contributed by atoms with E-state index in [9.17, 15) is 14.4 Å². The third-order valence-corrected chi connectivity index (χ3v) is 6.49. The van der Waals surface area contributed by atoms with E-state index in [1.165, 1.54) is 15.7 Å². The van der Waals surface area contributed by atoms with Crippen LogP contribution in [0.1, 0.15) is 39.3 Å². The molecule has 2 fully saturated rings. The molecule has 9 heteroatoms. The average molecular weight is 449 g/mol. The van der Waals surface area contributed by atoms with Gasteiger partial charge in [-0.25, -0.2) is 14.8 Å². The molecule has 9 nitrogen and oxygen atoms in total. The van der Waals surface area contributed by atoms with Crippen LogP contribution < -0.4 is 10.2 Å². The molecular weight excluding hydrogens is 420 g/mol. The van der Waals surface area contributed by atoms with Crippen molar-refractivity contribution in [2.75, 3.05) is 37.6 Å². The second-order valence-corrected chi connectivity index (χ2v) is 8.95. The number of pyridine rings is 1. The van der Waals surface area contributed by atoms with Gasteiger partial charge >= 0.3 is 6.03 Å². The first-order valence-electron chi connectivity index (χ1n) is 11.3. The van der Waals surface area contributed by atoms with Gasteiger partial charge in [-0.05, 0) is 43.2 Å². The molecule has 2 aromatic rings. The highest BCUT2D eigenvalue weighted by Gasteiger charge is 2.37. The molecule has 33 heavy (non-hydrogen) atoms. The summed E-state index contributed by atoms with van der Waals surface area (Å²) >= 11 is 0. The molecule has 3 aliphatic heterocycles. The van der Waals surface area contributed by atoms with Crippen molar-refractivity contribution in [2.45, 2.75) is 33.4 Å². The number of carbonyl (C=O) groups excluding carboxylic acids is 3. The highest BCUT2D eigenvalue weighted by molar-refractivity contribution is 6.01. The molecule has 1 N–H and O–H groups in total. The van der Waals surface area contributed by atoms with Crippen LogP contribution in [0.2, 0.25) is 0 Å². The molecule has 172 valence electrons. The zero-order valence-corrected chi connectivity index (χ0v) is 19.0. The number of carbonyl (C=O) groups is 3. The number of anilines is 1. The summed E-state index contributed by atoms with van der Waals surface area (Å²) in [7, 11) is 0. The van der Waals surface area contributed by atoms with Gasteiger partial charge < -0.3 is 4.90 Å². The van der Waals surface area contributed by atoms with E-state index in [-0.39, 0.29) is 24.8 Å². The average Bonchev–Trinajstić information content (AvgIpc) is 3.09. The molecular formula is C24H28N6O3. The Balaban J connectivity index is 1.21. The van der Waals surface area contributed by atoms with Crippen molar-refractivity contribution in [3.8, 4) is 0 Å². The summed E-state index contributed by atoms with van der Waals surface area (Å²) in [6.07, 6.45) is 0.196. The number of aromatic nitrogens is 1. The van der Waals surface area contributed by atoms with Crippen LogP contribution >= 0.6 is 0 Å². The van der Waals surface area contributed by atoms with Crippen molar-refractivity contribution in [1.29, 1.82) is 0 Å². The highest BCUT2D eigenvalue weighted by atomic mass is 16.2. The Kier molecular flexibility index (Phi) is 5.49. The maximum Gasteiger partial charge on any atom is 0.342 e. The second-order valence-electron chi connectivity index (χ2n) is 8.95. The van der Waals surface area contributed by atoms with Crippen molar-refractivity contribution in [3.05, 3.63) is 58.4 Å².